The normalized spacial score (nSPS) is 22.5. The highest BCUT2D eigenvalue weighted by molar-refractivity contribution is 4.88. The molecule has 4 nitrogen and oxygen atoms in total. The predicted octanol–water partition coefficient (Wildman–Crippen LogP) is 0.0406. The summed E-state index contributed by atoms with van der Waals surface area (Å²) in [6, 6.07) is 2.22. The summed E-state index contributed by atoms with van der Waals surface area (Å²) in [5.41, 5.74) is 3.22. The molecular formula is C9H18N4. The third-order valence-electron chi connectivity index (χ3n) is 2.41. The molecule has 0 spiro atoms. The van der Waals surface area contributed by atoms with Crippen LogP contribution < -0.4 is 5.43 Å². The van der Waals surface area contributed by atoms with Crippen LogP contribution >= 0.6 is 0 Å². The highest BCUT2D eigenvalue weighted by Crippen LogP contribution is 1.98. The van der Waals surface area contributed by atoms with Crippen molar-refractivity contribution in [3.8, 4) is 6.07 Å². The quantitative estimate of drug-likeness (QED) is 0.669. The van der Waals surface area contributed by atoms with E-state index in [0.29, 0.717) is 0 Å². The van der Waals surface area contributed by atoms with Crippen LogP contribution in [0.1, 0.15) is 13.3 Å². The average molecular weight is 182 g/mol. The Morgan fingerprint density at radius 2 is 2.00 bits per heavy atom. The van der Waals surface area contributed by atoms with Gasteiger partial charge in [-0.05, 0) is 13.5 Å². The molecule has 0 saturated carbocycles. The van der Waals surface area contributed by atoms with Crippen LogP contribution in [0.4, 0.5) is 0 Å². The van der Waals surface area contributed by atoms with Gasteiger partial charge < -0.3 is 4.90 Å². The molecule has 1 aliphatic heterocycles. The number of hydrogen-bond donors (Lipinski definition) is 1. The van der Waals surface area contributed by atoms with E-state index in [9.17, 15) is 0 Å². The van der Waals surface area contributed by atoms with E-state index >= 15 is 0 Å². The maximum absolute atomic E-state index is 8.76. The zero-order chi connectivity index (χ0) is 9.68. The summed E-state index contributed by atoms with van der Waals surface area (Å²) >= 11 is 0. The first-order chi connectivity index (χ1) is 6.26. The van der Waals surface area contributed by atoms with Crippen molar-refractivity contribution < 1.29 is 0 Å². The standard InChI is InChI=1S/C9H18N4/c1-3-9(8-10)11-13-6-4-12(2)5-7-13/h9,11H,3-7H2,1-2H3. The highest BCUT2D eigenvalue weighted by Gasteiger charge is 2.15. The Labute approximate surface area is 80.1 Å². The molecule has 1 saturated heterocycles. The van der Waals surface area contributed by atoms with Crippen molar-refractivity contribution >= 4 is 0 Å². The summed E-state index contributed by atoms with van der Waals surface area (Å²) in [5, 5.41) is 10.9. The van der Waals surface area contributed by atoms with Crippen LogP contribution in [0, 0.1) is 11.3 Å². The lowest BCUT2D eigenvalue weighted by atomic mass is 10.3. The molecule has 13 heavy (non-hydrogen) atoms. The lowest BCUT2D eigenvalue weighted by Crippen LogP contribution is -2.53. The molecule has 1 N–H and O–H groups in total. The van der Waals surface area contributed by atoms with E-state index in [4.69, 9.17) is 5.26 Å². The predicted molar refractivity (Wildman–Crippen MR) is 51.9 cm³/mol. The summed E-state index contributed by atoms with van der Waals surface area (Å²) in [6.45, 7) is 6.20. The summed E-state index contributed by atoms with van der Waals surface area (Å²) in [7, 11) is 2.12. The van der Waals surface area contributed by atoms with Gasteiger partial charge in [0.25, 0.3) is 0 Å². The first kappa shape index (κ1) is 10.5. The van der Waals surface area contributed by atoms with Crippen molar-refractivity contribution in [2.45, 2.75) is 19.4 Å². The van der Waals surface area contributed by atoms with E-state index in [0.717, 1.165) is 32.6 Å². The molecule has 0 aromatic rings. The van der Waals surface area contributed by atoms with E-state index in [-0.39, 0.29) is 6.04 Å². The van der Waals surface area contributed by atoms with Crippen LogP contribution in [0.3, 0.4) is 0 Å². The molecule has 0 aromatic heterocycles. The first-order valence-corrected chi connectivity index (χ1v) is 4.85. The van der Waals surface area contributed by atoms with Gasteiger partial charge in [0, 0.05) is 26.2 Å². The minimum absolute atomic E-state index is 0.0246. The fraction of sp³-hybridized carbons (Fsp3) is 0.889. The van der Waals surface area contributed by atoms with Gasteiger partial charge in [-0.2, -0.15) is 5.26 Å². The summed E-state index contributed by atoms with van der Waals surface area (Å²) in [5.74, 6) is 0. The molecule has 0 radical (unpaired) electrons. The molecule has 1 aliphatic rings. The van der Waals surface area contributed by atoms with Gasteiger partial charge in [0.15, 0.2) is 0 Å². The Balaban J connectivity index is 2.26. The van der Waals surface area contributed by atoms with Crippen molar-refractivity contribution in [3.63, 3.8) is 0 Å². The average Bonchev–Trinajstić information content (AvgIpc) is 2.17. The zero-order valence-electron chi connectivity index (χ0n) is 8.45. The second-order valence-corrected chi connectivity index (χ2v) is 3.51. The molecule has 1 heterocycles. The third kappa shape index (κ3) is 3.31. The monoisotopic (exact) mass is 182 g/mol. The molecule has 1 fully saturated rings. The Morgan fingerprint density at radius 1 is 1.38 bits per heavy atom. The fourth-order valence-corrected chi connectivity index (χ4v) is 1.37. The van der Waals surface area contributed by atoms with Gasteiger partial charge in [-0.15, -0.1) is 0 Å². The van der Waals surface area contributed by atoms with Crippen LogP contribution in [-0.4, -0.2) is 49.2 Å². The third-order valence-corrected chi connectivity index (χ3v) is 2.41. The van der Waals surface area contributed by atoms with Crippen LogP contribution in [-0.2, 0) is 0 Å². The van der Waals surface area contributed by atoms with E-state index < -0.39 is 0 Å². The number of nitrogens with one attached hydrogen (secondary N) is 1. The molecule has 0 bridgehead atoms. The number of hydrogen-bond acceptors (Lipinski definition) is 4. The number of rotatable bonds is 3. The Bertz CT molecular complexity index is 179. The molecule has 4 heteroatoms. The van der Waals surface area contributed by atoms with Crippen molar-refractivity contribution in [1.29, 1.82) is 5.26 Å². The van der Waals surface area contributed by atoms with E-state index in [1.807, 2.05) is 6.92 Å². The molecule has 1 rings (SSSR count). The largest absolute Gasteiger partial charge is 0.304 e. The topological polar surface area (TPSA) is 42.3 Å². The Morgan fingerprint density at radius 3 is 2.46 bits per heavy atom. The van der Waals surface area contributed by atoms with E-state index in [1.54, 1.807) is 0 Å². The molecule has 74 valence electrons. The smallest absolute Gasteiger partial charge is 0.108 e. The fourth-order valence-electron chi connectivity index (χ4n) is 1.37. The Hall–Kier alpha value is -0.630. The van der Waals surface area contributed by atoms with Gasteiger partial charge in [-0.1, -0.05) is 6.92 Å². The molecule has 0 aromatic carbocycles. The van der Waals surface area contributed by atoms with Crippen LogP contribution in [0.25, 0.3) is 0 Å². The summed E-state index contributed by atoms with van der Waals surface area (Å²) in [6.07, 6.45) is 0.864. The maximum atomic E-state index is 8.76. The van der Waals surface area contributed by atoms with Crippen molar-refractivity contribution in [2.24, 2.45) is 0 Å². The van der Waals surface area contributed by atoms with Gasteiger partial charge in [0.2, 0.25) is 0 Å². The minimum Gasteiger partial charge on any atom is -0.304 e. The van der Waals surface area contributed by atoms with Gasteiger partial charge in [-0.3, -0.25) is 0 Å². The number of hydrazine groups is 1. The second kappa shape index (κ2) is 5.18. The number of piperazine rings is 1. The SMILES string of the molecule is CCC(C#N)NN1CCN(C)CC1. The van der Waals surface area contributed by atoms with Gasteiger partial charge in [-0.25, -0.2) is 10.4 Å². The highest BCUT2D eigenvalue weighted by atomic mass is 15.5. The van der Waals surface area contributed by atoms with E-state index in [2.05, 4.69) is 28.5 Å². The molecule has 1 unspecified atom stereocenters. The number of nitrogens with zero attached hydrogens (tertiary/aromatic N) is 3. The van der Waals surface area contributed by atoms with Crippen LogP contribution in [0.5, 0.6) is 0 Å². The lowest BCUT2D eigenvalue weighted by Gasteiger charge is -2.33. The van der Waals surface area contributed by atoms with Gasteiger partial charge in [0.05, 0.1) is 6.07 Å². The molecule has 0 amide bonds. The maximum Gasteiger partial charge on any atom is 0.108 e. The van der Waals surface area contributed by atoms with Crippen molar-refractivity contribution in [1.82, 2.24) is 15.3 Å². The number of nitriles is 1. The molecule has 1 atom stereocenters. The number of likely N-dealkylation sites (N-methyl/N-ethyl adjacent to an activating group) is 1. The van der Waals surface area contributed by atoms with E-state index in [1.165, 1.54) is 0 Å². The first-order valence-electron chi connectivity index (χ1n) is 4.85. The molecule has 0 aliphatic carbocycles. The lowest BCUT2D eigenvalue weighted by molar-refractivity contribution is 0.0950. The van der Waals surface area contributed by atoms with Crippen molar-refractivity contribution in [3.05, 3.63) is 0 Å². The minimum atomic E-state index is -0.0246. The summed E-state index contributed by atoms with van der Waals surface area (Å²) < 4.78 is 0. The van der Waals surface area contributed by atoms with Crippen LogP contribution in [0.2, 0.25) is 0 Å². The molecular weight excluding hydrogens is 164 g/mol. The van der Waals surface area contributed by atoms with Crippen LogP contribution in [0.15, 0.2) is 0 Å². The van der Waals surface area contributed by atoms with Gasteiger partial charge >= 0.3 is 0 Å². The summed E-state index contributed by atoms with van der Waals surface area (Å²) in [4.78, 5) is 2.30. The zero-order valence-corrected chi connectivity index (χ0v) is 8.45. The van der Waals surface area contributed by atoms with Crippen molar-refractivity contribution in [2.75, 3.05) is 33.2 Å². The second-order valence-electron chi connectivity index (χ2n) is 3.51. The van der Waals surface area contributed by atoms with Gasteiger partial charge in [0.1, 0.15) is 6.04 Å². The Kier molecular flexibility index (Phi) is 4.16.